The number of nitrogens with one attached hydrogen (secondary N) is 1. The summed E-state index contributed by atoms with van der Waals surface area (Å²) in [7, 11) is 0. The molecule has 0 saturated carbocycles. The van der Waals surface area contributed by atoms with E-state index in [1.165, 1.54) is 12.1 Å². The molecule has 17 nitrogen and oxygen atoms in total. The lowest BCUT2D eigenvalue weighted by Gasteiger charge is -2.09. The number of ether oxygens (including phenoxy) is 9. The van der Waals surface area contributed by atoms with E-state index in [1.54, 1.807) is 6.92 Å². The standard InChI is InChI=1S/C27H45N3O14/c1-2-44-27(31)5-7-36-9-11-38-13-15-40-17-19-42-21-22-43-20-18-41-16-14-39-12-10-37-8-6-28-25-4-3-24(29(32)33)23-26(25)30(34)35/h3-4,23,28H,2,5-22H2,1H3. The summed E-state index contributed by atoms with van der Waals surface area (Å²) >= 11 is 0. The van der Waals surface area contributed by atoms with Gasteiger partial charge in [-0.15, -0.1) is 0 Å². The summed E-state index contributed by atoms with van der Waals surface area (Å²) in [5.41, 5.74) is -0.533. The molecule has 0 aliphatic rings. The zero-order valence-electron chi connectivity index (χ0n) is 25.3. The molecular weight excluding hydrogens is 590 g/mol. The average Bonchev–Trinajstić information content (AvgIpc) is 3.00. The molecule has 0 aliphatic carbocycles. The normalized spacial score (nSPS) is 11.0. The lowest BCUT2D eigenvalue weighted by Crippen LogP contribution is -2.15. The first-order chi connectivity index (χ1) is 21.5. The number of nitro benzene ring substituents is 2. The Balaban J connectivity index is 1.77. The van der Waals surface area contributed by atoms with Crippen LogP contribution in [0.2, 0.25) is 0 Å². The third kappa shape index (κ3) is 21.6. The van der Waals surface area contributed by atoms with Crippen molar-refractivity contribution in [3.63, 3.8) is 0 Å². The minimum Gasteiger partial charge on any atom is -0.466 e. The molecule has 0 radical (unpaired) electrons. The van der Waals surface area contributed by atoms with Crippen LogP contribution in [0.3, 0.4) is 0 Å². The van der Waals surface area contributed by atoms with Crippen molar-refractivity contribution in [3.05, 3.63) is 38.4 Å². The van der Waals surface area contributed by atoms with Crippen LogP contribution in [0.4, 0.5) is 17.1 Å². The number of nitro groups is 2. The number of esters is 1. The van der Waals surface area contributed by atoms with Gasteiger partial charge in [0, 0.05) is 12.6 Å². The zero-order valence-corrected chi connectivity index (χ0v) is 25.3. The van der Waals surface area contributed by atoms with E-state index in [-0.39, 0.29) is 42.6 Å². The maximum Gasteiger partial charge on any atom is 0.308 e. The minimum atomic E-state index is -0.684. The zero-order chi connectivity index (χ0) is 32.1. The van der Waals surface area contributed by atoms with Crippen LogP contribution < -0.4 is 5.32 Å². The summed E-state index contributed by atoms with van der Waals surface area (Å²) in [6.45, 7) is 8.94. The number of non-ortho nitro benzene ring substituents is 1. The first-order valence-corrected chi connectivity index (χ1v) is 14.4. The summed E-state index contributed by atoms with van der Waals surface area (Å²) in [4.78, 5) is 31.7. The summed E-state index contributed by atoms with van der Waals surface area (Å²) in [5, 5.41) is 24.7. The van der Waals surface area contributed by atoms with E-state index in [4.69, 9.17) is 42.6 Å². The summed E-state index contributed by atoms with van der Waals surface area (Å²) < 4.78 is 47.9. The van der Waals surface area contributed by atoms with Gasteiger partial charge in [0.1, 0.15) is 5.69 Å². The number of rotatable bonds is 31. The molecule has 0 fully saturated rings. The largest absolute Gasteiger partial charge is 0.466 e. The maximum absolute atomic E-state index is 11.1. The number of hydrogen-bond donors (Lipinski definition) is 1. The third-order valence-electron chi connectivity index (χ3n) is 5.31. The minimum absolute atomic E-state index is 0.183. The van der Waals surface area contributed by atoms with E-state index < -0.39 is 9.85 Å². The van der Waals surface area contributed by atoms with Crippen molar-refractivity contribution in [2.24, 2.45) is 0 Å². The van der Waals surface area contributed by atoms with Gasteiger partial charge >= 0.3 is 5.97 Å². The molecule has 0 unspecified atom stereocenters. The Morgan fingerprint density at radius 2 is 1.05 bits per heavy atom. The van der Waals surface area contributed by atoms with E-state index in [0.717, 1.165) is 6.07 Å². The van der Waals surface area contributed by atoms with Crippen LogP contribution in [0, 0.1) is 20.2 Å². The predicted octanol–water partition coefficient (Wildman–Crippen LogP) is 2.00. The van der Waals surface area contributed by atoms with Crippen LogP contribution in [0.1, 0.15) is 13.3 Å². The molecule has 0 bridgehead atoms. The average molecular weight is 636 g/mol. The lowest BCUT2D eigenvalue weighted by molar-refractivity contribution is -0.393. The highest BCUT2D eigenvalue weighted by Gasteiger charge is 2.19. The fraction of sp³-hybridized carbons (Fsp3) is 0.741. The molecule has 0 heterocycles. The van der Waals surface area contributed by atoms with E-state index in [2.05, 4.69) is 5.32 Å². The number of anilines is 1. The third-order valence-corrected chi connectivity index (χ3v) is 5.31. The molecule has 0 atom stereocenters. The molecule has 1 N–H and O–H groups in total. The Morgan fingerprint density at radius 3 is 1.43 bits per heavy atom. The quantitative estimate of drug-likeness (QED) is 0.0537. The number of carbonyl (C=O) groups is 1. The molecule has 44 heavy (non-hydrogen) atoms. The summed E-state index contributed by atoms with van der Waals surface area (Å²) in [6.07, 6.45) is 0.239. The van der Waals surface area contributed by atoms with Crippen LogP contribution >= 0.6 is 0 Å². The van der Waals surface area contributed by atoms with Gasteiger partial charge in [0.15, 0.2) is 0 Å². The van der Waals surface area contributed by atoms with Gasteiger partial charge in [-0.25, -0.2) is 0 Å². The molecule has 0 spiro atoms. The van der Waals surface area contributed by atoms with Gasteiger partial charge in [0.05, 0.1) is 135 Å². The molecule has 1 rings (SSSR count). The second-order valence-electron chi connectivity index (χ2n) is 8.60. The van der Waals surface area contributed by atoms with Crippen molar-refractivity contribution >= 4 is 23.0 Å². The maximum atomic E-state index is 11.1. The summed E-state index contributed by atoms with van der Waals surface area (Å²) in [5.74, 6) is -0.267. The number of hydrogen-bond acceptors (Lipinski definition) is 15. The molecule has 0 aromatic heterocycles. The van der Waals surface area contributed by atoms with Gasteiger partial charge in [-0.2, -0.15) is 0 Å². The van der Waals surface area contributed by atoms with E-state index in [1.807, 2.05) is 0 Å². The highest BCUT2D eigenvalue weighted by Crippen LogP contribution is 2.28. The molecule has 252 valence electrons. The van der Waals surface area contributed by atoms with Gasteiger partial charge < -0.3 is 47.9 Å². The fourth-order valence-electron chi connectivity index (χ4n) is 3.22. The summed E-state index contributed by atoms with van der Waals surface area (Å²) in [6, 6.07) is 3.42. The van der Waals surface area contributed by atoms with Gasteiger partial charge in [-0.1, -0.05) is 0 Å². The monoisotopic (exact) mass is 635 g/mol. The lowest BCUT2D eigenvalue weighted by atomic mass is 10.2. The Bertz CT molecular complexity index is 909. The van der Waals surface area contributed by atoms with Crippen molar-refractivity contribution < 1.29 is 57.3 Å². The van der Waals surface area contributed by atoms with Crippen LogP contribution in [0.15, 0.2) is 18.2 Å². The first kappa shape index (κ1) is 39.0. The van der Waals surface area contributed by atoms with Gasteiger partial charge in [-0.05, 0) is 13.0 Å². The number of carbonyl (C=O) groups excluding carboxylic acids is 1. The SMILES string of the molecule is CCOC(=O)CCOCCOCCOCCOCCOCCOCCOCCOCCNc1ccc([N+](=O)[O-])cc1[N+](=O)[O-]. The van der Waals surface area contributed by atoms with Crippen molar-refractivity contribution in [3.8, 4) is 0 Å². The number of nitrogens with zero attached hydrogens (tertiary/aromatic N) is 2. The molecule has 0 aliphatic heterocycles. The van der Waals surface area contributed by atoms with Gasteiger partial charge in [0.25, 0.3) is 11.4 Å². The van der Waals surface area contributed by atoms with Crippen LogP contribution in [0.5, 0.6) is 0 Å². The van der Waals surface area contributed by atoms with E-state index >= 15 is 0 Å². The predicted molar refractivity (Wildman–Crippen MR) is 156 cm³/mol. The van der Waals surface area contributed by atoms with E-state index in [9.17, 15) is 25.0 Å². The second kappa shape index (κ2) is 27.5. The molecule has 1 aromatic rings. The van der Waals surface area contributed by atoms with Crippen molar-refractivity contribution in [2.45, 2.75) is 13.3 Å². The van der Waals surface area contributed by atoms with Crippen LogP contribution in [-0.2, 0) is 47.4 Å². The Hall–Kier alpha value is -3.03. The Morgan fingerprint density at radius 1 is 0.636 bits per heavy atom. The molecule has 0 amide bonds. The Kier molecular flexibility index (Phi) is 24.4. The first-order valence-electron chi connectivity index (χ1n) is 14.4. The highest BCUT2D eigenvalue weighted by molar-refractivity contribution is 5.69. The van der Waals surface area contributed by atoms with Crippen LogP contribution in [0.25, 0.3) is 0 Å². The van der Waals surface area contributed by atoms with Crippen molar-refractivity contribution in [1.82, 2.24) is 0 Å². The van der Waals surface area contributed by atoms with Crippen molar-refractivity contribution in [1.29, 1.82) is 0 Å². The van der Waals surface area contributed by atoms with Crippen molar-refractivity contribution in [2.75, 3.05) is 124 Å². The highest BCUT2D eigenvalue weighted by atomic mass is 16.6. The molecular formula is C27H45N3O14. The van der Waals surface area contributed by atoms with Crippen LogP contribution in [-0.4, -0.2) is 135 Å². The molecule has 1 aromatic carbocycles. The fourth-order valence-corrected chi connectivity index (χ4v) is 3.22. The second-order valence-corrected chi connectivity index (χ2v) is 8.60. The van der Waals surface area contributed by atoms with Gasteiger partial charge in [0.2, 0.25) is 0 Å². The topological polar surface area (TPSA) is 198 Å². The molecule has 0 saturated heterocycles. The van der Waals surface area contributed by atoms with E-state index in [0.29, 0.717) is 106 Å². The van der Waals surface area contributed by atoms with Gasteiger partial charge in [-0.3, -0.25) is 25.0 Å². The smallest absolute Gasteiger partial charge is 0.308 e. The Labute approximate surface area is 256 Å². The molecule has 17 heteroatoms. The number of benzene rings is 1.